The summed E-state index contributed by atoms with van der Waals surface area (Å²) in [5.74, 6) is -0.628. The fourth-order valence-electron chi connectivity index (χ4n) is 2.32. The van der Waals surface area contributed by atoms with E-state index >= 15 is 0 Å². The number of hydrogen-bond donors (Lipinski definition) is 3. The first kappa shape index (κ1) is 17.1. The Hall–Kier alpha value is -1.30. The highest BCUT2D eigenvalue weighted by Gasteiger charge is 2.22. The predicted octanol–water partition coefficient (Wildman–Crippen LogP) is 1.98. The molecule has 0 spiro atoms. The number of hydrogen-bond acceptors (Lipinski definition) is 3. The summed E-state index contributed by atoms with van der Waals surface area (Å²) in [6, 6.07) is 4.27. The van der Waals surface area contributed by atoms with Gasteiger partial charge in [-0.05, 0) is 38.4 Å². The van der Waals surface area contributed by atoms with Crippen LogP contribution in [0.25, 0.3) is 0 Å². The van der Waals surface area contributed by atoms with Crippen LogP contribution in [-0.2, 0) is 4.79 Å². The zero-order valence-electron chi connectivity index (χ0n) is 12.3. The SMILES string of the molecule is CC(NC(=O)c1cccc(Cl)c1Cl)C(=O)NC1CCCNC1. The van der Waals surface area contributed by atoms with Crippen LogP contribution in [0.3, 0.4) is 0 Å². The van der Waals surface area contributed by atoms with Crippen LogP contribution in [0.5, 0.6) is 0 Å². The molecule has 1 heterocycles. The third kappa shape index (κ3) is 4.35. The fraction of sp³-hybridized carbons (Fsp3) is 0.467. The Kier molecular flexibility index (Phi) is 6.06. The molecule has 0 aromatic heterocycles. The van der Waals surface area contributed by atoms with Crippen molar-refractivity contribution in [3.05, 3.63) is 33.8 Å². The molecule has 1 aliphatic rings. The van der Waals surface area contributed by atoms with Gasteiger partial charge in [0.1, 0.15) is 6.04 Å². The number of carbonyl (C=O) groups is 2. The van der Waals surface area contributed by atoms with Gasteiger partial charge in [0.25, 0.3) is 5.91 Å². The van der Waals surface area contributed by atoms with Gasteiger partial charge in [0, 0.05) is 12.6 Å². The zero-order valence-corrected chi connectivity index (χ0v) is 13.8. The average molecular weight is 344 g/mol. The normalized spacial score (nSPS) is 19.3. The molecule has 7 heteroatoms. The van der Waals surface area contributed by atoms with E-state index in [4.69, 9.17) is 23.2 Å². The second-order valence-corrected chi connectivity index (χ2v) is 6.13. The standard InChI is InChI=1S/C15H19Cl2N3O2/c1-9(14(21)20-10-4-3-7-18-8-10)19-15(22)11-5-2-6-12(16)13(11)17/h2,5-6,9-10,18H,3-4,7-8H2,1H3,(H,19,22)(H,20,21). The summed E-state index contributed by atoms with van der Waals surface area (Å²) in [6.07, 6.45) is 1.98. The van der Waals surface area contributed by atoms with Crippen molar-refractivity contribution in [2.24, 2.45) is 0 Å². The van der Waals surface area contributed by atoms with Gasteiger partial charge < -0.3 is 16.0 Å². The van der Waals surface area contributed by atoms with E-state index in [2.05, 4.69) is 16.0 Å². The number of nitrogens with one attached hydrogen (secondary N) is 3. The summed E-state index contributed by atoms with van der Waals surface area (Å²) < 4.78 is 0. The average Bonchev–Trinajstić information content (AvgIpc) is 2.50. The minimum Gasteiger partial charge on any atom is -0.350 e. The van der Waals surface area contributed by atoms with Gasteiger partial charge in [-0.2, -0.15) is 0 Å². The van der Waals surface area contributed by atoms with Crippen molar-refractivity contribution in [1.29, 1.82) is 0 Å². The Balaban J connectivity index is 1.92. The molecule has 0 radical (unpaired) electrons. The molecular formula is C15H19Cl2N3O2. The second-order valence-electron chi connectivity index (χ2n) is 5.35. The first-order chi connectivity index (χ1) is 10.5. The number of rotatable bonds is 4. The zero-order chi connectivity index (χ0) is 16.1. The van der Waals surface area contributed by atoms with Crippen molar-refractivity contribution in [1.82, 2.24) is 16.0 Å². The molecule has 1 aromatic carbocycles. The Bertz CT molecular complexity index is 560. The molecule has 1 saturated heterocycles. The molecule has 2 unspecified atom stereocenters. The van der Waals surface area contributed by atoms with Gasteiger partial charge in [-0.25, -0.2) is 0 Å². The number of benzene rings is 1. The molecular weight excluding hydrogens is 325 g/mol. The molecule has 2 atom stereocenters. The van der Waals surface area contributed by atoms with Crippen LogP contribution < -0.4 is 16.0 Å². The van der Waals surface area contributed by atoms with Crippen LogP contribution in [0.2, 0.25) is 10.0 Å². The molecule has 5 nitrogen and oxygen atoms in total. The van der Waals surface area contributed by atoms with Gasteiger partial charge in [0.15, 0.2) is 0 Å². The van der Waals surface area contributed by atoms with Crippen LogP contribution in [-0.4, -0.2) is 37.0 Å². The maximum atomic E-state index is 12.2. The lowest BCUT2D eigenvalue weighted by Gasteiger charge is -2.25. The number of piperidine rings is 1. The Morgan fingerprint density at radius 2 is 2.14 bits per heavy atom. The third-order valence-corrected chi connectivity index (χ3v) is 4.40. The summed E-state index contributed by atoms with van der Waals surface area (Å²) >= 11 is 11.9. The first-order valence-corrected chi connectivity index (χ1v) is 8.00. The number of amides is 2. The fourth-order valence-corrected chi connectivity index (χ4v) is 2.71. The van der Waals surface area contributed by atoms with E-state index < -0.39 is 11.9 Å². The number of halogens is 2. The van der Waals surface area contributed by atoms with E-state index in [1.54, 1.807) is 25.1 Å². The second kappa shape index (κ2) is 7.81. The Morgan fingerprint density at radius 1 is 1.36 bits per heavy atom. The van der Waals surface area contributed by atoms with Gasteiger partial charge in [-0.3, -0.25) is 9.59 Å². The molecule has 2 rings (SSSR count). The van der Waals surface area contributed by atoms with Crippen molar-refractivity contribution >= 4 is 35.0 Å². The minimum absolute atomic E-state index is 0.107. The lowest BCUT2D eigenvalue weighted by Crippen LogP contribution is -2.52. The molecule has 0 saturated carbocycles. The van der Waals surface area contributed by atoms with Crippen LogP contribution in [0.1, 0.15) is 30.1 Å². The van der Waals surface area contributed by atoms with Crippen LogP contribution in [0.4, 0.5) is 0 Å². The third-order valence-electron chi connectivity index (χ3n) is 3.58. The van der Waals surface area contributed by atoms with Gasteiger partial charge in [-0.15, -0.1) is 0 Å². The maximum absolute atomic E-state index is 12.2. The molecule has 0 bridgehead atoms. The quantitative estimate of drug-likeness (QED) is 0.782. The highest BCUT2D eigenvalue weighted by molar-refractivity contribution is 6.43. The van der Waals surface area contributed by atoms with E-state index in [1.165, 1.54) is 0 Å². The first-order valence-electron chi connectivity index (χ1n) is 7.25. The molecule has 3 N–H and O–H groups in total. The van der Waals surface area contributed by atoms with Gasteiger partial charge in [-0.1, -0.05) is 29.3 Å². The molecule has 22 heavy (non-hydrogen) atoms. The van der Waals surface area contributed by atoms with Crippen molar-refractivity contribution in [2.45, 2.75) is 31.8 Å². The summed E-state index contributed by atoms with van der Waals surface area (Å²) in [7, 11) is 0. The Labute approximate surface area is 139 Å². The molecule has 1 aliphatic heterocycles. The van der Waals surface area contributed by atoms with E-state index in [0.717, 1.165) is 25.9 Å². The minimum atomic E-state index is -0.649. The van der Waals surface area contributed by atoms with E-state index in [-0.39, 0.29) is 22.5 Å². The smallest absolute Gasteiger partial charge is 0.253 e. The van der Waals surface area contributed by atoms with Crippen molar-refractivity contribution in [3.63, 3.8) is 0 Å². The Morgan fingerprint density at radius 3 is 2.82 bits per heavy atom. The lowest BCUT2D eigenvalue weighted by atomic mass is 10.1. The highest BCUT2D eigenvalue weighted by Crippen LogP contribution is 2.25. The lowest BCUT2D eigenvalue weighted by molar-refractivity contribution is -0.123. The molecule has 120 valence electrons. The summed E-state index contributed by atoms with van der Waals surface area (Å²) in [6.45, 7) is 3.38. The van der Waals surface area contributed by atoms with Crippen LogP contribution >= 0.6 is 23.2 Å². The van der Waals surface area contributed by atoms with E-state index in [9.17, 15) is 9.59 Å². The van der Waals surface area contributed by atoms with Gasteiger partial charge in [0.2, 0.25) is 5.91 Å². The molecule has 1 aromatic rings. The predicted molar refractivity (Wildman–Crippen MR) is 87.4 cm³/mol. The number of carbonyl (C=O) groups excluding carboxylic acids is 2. The summed E-state index contributed by atoms with van der Waals surface area (Å²) in [5.41, 5.74) is 0.258. The van der Waals surface area contributed by atoms with Crippen molar-refractivity contribution in [3.8, 4) is 0 Å². The molecule has 0 aliphatic carbocycles. The molecule has 1 fully saturated rings. The summed E-state index contributed by atoms with van der Waals surface area (Å²) in [4.78, 5) is 24.3. The highest BCUT2D eigenvalue weighted by atomic mass is 35.5. The monoisotopic (exact) mass is 343 g/mol. The van der Waals surface area contributed by atoms with E-state index in [0.29, 0.717) is 5.02 Å². The van der Waals surface area contributed by atoms with Crippen molar-refractivity contribution < 1.29 is 9.59 Å². The maximum Gasteiger partial charge on any atom is 0.253 e. The molecule has 2 amide bonds. The van der Waals surface area contributed by atoms with E-state index in [1.807, 2.05) is 0 Å². The van der Waals surface area contributed by atoms with Crippen LogP contribution in [0.15, 0.2) is 18.2 Å². The largest absolute Gasteiger partial charge is 0.350 e. The van der Waals surface area contributed by atoms with Crippen molar-refractivity contribution in [2.75, 3.05) is 13.1 Å². The summed E-state index contributed by atoms with van der Waals surface area (Å²) in [5, 5.41) is 9.28. The van der Waals surface area contributed by atoms with Gasteiger partial charge >= 0.3 is 0 Å². The van der Waals surface area contributed by atoms with Crippen LogP contribution in [0, 0.1) is 0 Å². The topological polar surface area (TPSA) is 70.2 Å². The van der Waals surface area contributed by atoms with Gasteiger partial charge in [0.05, 0.1) is 15.6 Å².